The van der Waals surface area contributed by atoms with Gasteiger partial charge in [0.05, 0.1) is 0 Å². The lowest BCUT2D eigenvalue weighted by atomic mass is 10.1. The van der Waals surface area contributed by atoms with Crippen LogP contribution in [0.15, 0.2) is 0 Å². The topological polar surface area (TPSA) is 43.7 Å². The molecule has 0 radical (unpaired) electrons. The fraction of sp³-hybridized carbons (Fsp3) is 1.00. The largest absolute Gasteiger partial charge is 0.378 e. The fourth-order valence-corrected chi connectivity index (χ4v) is 2.39. The summed E-state index contributed by atoms with van der Waals surface area (Å²) in [7, 11) is 0. The lowest BCUT2D eigenvalue weighted by Gasteiger charge is -2.31. The Labute approximate surface area is 120 Å². The van der Waals surface area contributed by atoms with Crippen LogP contribution in [0.1, 0.15) is 85.0 Å². The highest BCUT2D eigenvalue weighted by molar-refractivity contribution is 4.64. The van der Waals surface area contributed by atoms with Crippen LogP contribution in [0.25, 0.3) is 0 Å². The van der Waals surface area contributed by atoms with Crippen molar-refractivity contribution in [3.63, 3.8) is 0 Å². The molecule has 0 rings (SSSR count). The minimum absolute atomic E-state index is 0.500. The summed E-state index contributed by atoms with van der Waals surface area (Å²) in [5.74, 6) is 0. The van der Waals surface area contributed by atoms with Crippen molar-refractivity contribution in [2.45, 2.75) is 97.4 Å². The molecule has 0 saturated carbocycles. The van der Waals surface area contributed by atoms with E-state index in [-0.39, 0.29) is 0 Å². The van der Waals surface area contributed by atoms with Gasteiger partial charge in [0.2, 0.25) is 0 Å². The number of hydrogen-bond donors (Lipinski definition) is 2. The van der Waals surface area contributed by atoms with Gasteiger partial charge >= 0.3 is 0 Å². The number of aliphatic hydroxyl groups is 2. The third-order valence-corrected chi connectivity index (χ3v) is 3.77. The zero-order chi connectivity index (χ0) is 14.5. The van der Waals surface area contributed by atoms with Crippen molar-refractivity contribution in [2.75, 3.05) is 6.54 Å². The van der Waals surface area contributed by atoms with Crippen LogP contribution in [-0.2, 0) is 0 Å². The second-order valence-corrected chi connectivity index (χ2v) is 5.49. The van der Waals surface area contributed by atoms with Crippen molar-refractivity contribution in [1.82, 2.24) is 4.90 Å². The first-order valence-electron chi connectivity index (χ1n) is 8.29. The summed E-state index contributed by atoms with van der Waals surface area (Å²) in [6.45, 7) is 6.95. The Hall–Kier alpha value is -0.120. The Morgan fingerprint density at radius 2 is 1.11 bits per heavy atom. The van der Waals surface area contributed by atoms with E-state index in [0.29, 0.717) is 12.8 Å². The molecule has 0 aromatic rings. The third kappa shape index (κ3) is 9.42. The molecule has 0 heterocycles. The van der Waals surface area contributed by atoms with Crippen molar-refractivity contribution >= 4 is 0 Å². The molecule has 116 valence electrons. The molecular weight excluding hydrogens is 238 g/mol. The van der Waals surface area contributed by atoms with E-state index in [0.717, 1.165) is 13.0 Å². The van der Waals surface area contributed by atoms with E-state index in [1.807, 2.05) is 18.7 Å². The molecule has 0 spiro atoms. The van der Waals surface area contributed by atoms with Gasteiger partial charge in [0.15, 0.2) is 0 Å². The van der Waals surface area contributed by atoms with Gasteiger partial charge in [0.25, 0.3) is 0 Å². The molecule has 2 atom stereocenters. The molecule has 0 aromatic carbocycles. The normalized spacial score (nSPS) is 14.8. The molecule has 0 aliphatic carbocycles. The van der Waals surface area contributed by atoms with Crippen molar-refractivity contribution in [3.05, 3.63) is 0 Å². The minimum Gasteiger partial charge on any atom is -0.378 e. The number of nitrogens with zero attached hydrogens (tertiary/aromatic N) is 1. The van der Waals surface area contributed by atoms with E-state index < -0.39 is 12.5 Å². The van der Waals surface area contributed by atoms with E-state index in [1.165, 1.54) is 44.9 Å². The Kier molecular flexibility index (Phi) is 12.8. The van der Waals surface area contributed by atoms with E-state index >= 15 is 0 Å². The predicted octanol–water partition coefficient (Wildman–Crippen LogP) is 3.89. The van der Waals surface area contributed by atoms with Crippen LogP contribution in [0, 0.1) is 0 Å². The molecule has 19 heavy (non-hydrogen) atoms. The van der Waals surface area contributed by atoms with Gasteiger partial charge in [0, 0.05) is 6.54 Å². The lowest BCUT2D eigenvalue weighted by molar-refractivity contribution is -0.104. The smallest absolute Gasteiger partial charge is 0.109 e. The fourth-order valence-electron chi connectivity index (χ4n) is 2.39. The van der Waals surface area contributed by atoms with Crippen LogP contribution >= 0.6 is 0 Å². The molecule has 0 bridgehead atoms. The Morgan fingerprint density at radius 3 is 1.53 bits per heavy atom. The molecule has 3 heteroatoms. The molecule has 0 fully saturated rings. The average molecular weight is 273 g/mol. The minimum atomic E-state index is -0.500. The van der Waals surface area contributed by atoms with Gasteiger partial charge in [-0.2, -0.15) is 0 Å². The Morgan fingerprint density at radius 1 is 0.684 bits per heavy atom. The maximum atomic E-state index is 9.88. The van der Waals surface area contributed by atoms with Gasteiger partial charge in [-0.05, 0) is 19.3 Å². The third-order valence-electron chi connectivity index (χ3n) is 3.77. The number of hydrogen-bond acceptors (Lipinski definition) is 3. The van der Waals surface area contributed by atoms with E-state index in [4.69, 9.17) is 0 Å². The lowest BCUT2D eigenvalue weighted by Crippen LogP contribution is -2.43. The zero-order valence-electron chi connectivity index (χ0n) is 13.3. The molecular formula is C16H35NO2. The molecule has 3 nitrogen and oxygen atoms in total. The Balaban J connectivity index is 3.64. The summed E-state index contributed by atoms with van der Waals surface area (Å²) >= 11 is 0. The van der Waals surface area contributed by atoms with Crippen molar-refractivity contribution in [3.8, 4) is 0 Å². The highest BCUT2D eigenvalue weighted by Crippen LogP contribution is 2.12. The Bertz CT molecular complexity index is 178. The quantitative estimate of drug-likeness (QED) is 0.395. The molecule has 0 saturated heterocycles. The summed E-state index contributed by atoms with van der Waals surface area (Å²) in [5.41, 5.74) is 0. The highest BCUT2D eigenvalue weighted by Gasteiger charge is 2.19. The number of rotatable bonds is 13. The first-order valence-corrected chi connectivity index (χ1v) is 8.29. The van der Waals surface area contributed by atoms with Crippen molar-refractivity contribution < 1.29 is 10.2 Å². The van der Waals surface area contributed by atoms with Crippen LogP contribution in [0.3, 0.4) is 0 Å². The molecule has 0 amide bonds. The second kappa shape index (κ2) is 12.9. The van der Waals surface area contributed by atoms with Crippen LogP contribution in [0.5, 0.6) is 0 Å². The number of unbranched alkanes of at least 4 members (excludes halogenated alkanes) is 7. The van der Waals surface area contributed by atoms with Gasteiger partial charge < -0.3 is 10.2 Å². The zero-order valence-corrected chi connectivity index (χ0v) is 13.3. The van der Waals surface area contributed by atoms with Gasteiger partial charge in [0.1, 0.15) is 12.5 Å². The van der Waals surface area contributed by atoms with Gasteiger partial charge in [-0.25, -0.2) is 0 Å². The summed E-state index contributed by atoms with van der Waals surface area (Å²) in [6.07, 6.45) is 10.6. The molecule has 0 aliphatic heterocycles. The van der Waals surface area contributed by atoms with Crippen molar-refractivity contribution in [2.24, 2.45) is 0 Å². The monoisotopic (exact) mass is 273 g/mol. The highest BCUT2D eigenvalue weighted by atomic mass is 16.3. The van der Waals surface area contributed by atoms with Crippen molar-refractivity contribution in [1.29, 1.82) is 0 Å². The predicted molar refractivity (Wildman–Crippen MR) is 81.9 cm³/mol. The summed E-state index contributed by atoms with van der Waals surface area (Å²) in [5, 5.41) is 19.8. The first kappa shape index (κ1) is 18.9. The van der Waals surface area contributed by atoms with Gasteiger partial charge in [-0.1, -0.05) is 65.7 Å². The summed E-state index contributed by atoms with van der Waals surface area (Å²) < 4.78 is 0. The number of aliphatic hydroxyl groups excluding tert-OH is 2. The second-order valence-electron chi connectivity index (χ2n) is 5.49. The van der Waals surface area contributed by atoms with Crippen LogP contribution in [0.2, 0.25) is 0 Å². The standard InChI is InChI=1S/C16H35NO2/c1-4-7-8-9-10-11-12-13-14-17(15(18)5-2)16(19)6-3/h15-16,18-19H,4-14H2,1-3H3. The van der Waals surface area contributed by atoms with Gasteiger partial charge in [-0.15, -0.1) is 0 Å². The van der Waals surface area contributed by atoms with E-state index in [1.54, 1.807) is 0 Å². The van der Waals surface area contributed by atoms with Crippen LogP contribution in [0.4, 0.5) is 0 Å². The molecule has 0 aromatic heterocycles. The van der Waals surface area contributed by atoms with Crippen LogP contribution in [-0.4, -0.2) is 34.1 Å². The molecule has 2 N–H and O–H groups in total. The van der Waals surface area contributed by atoms with E-state index in [2.05, 4.69) is 6.92 Å². The summed E-state index contributed by atoms with van der Waals surface area (Å²) in [6, 6.07) is 0. The van der Waals surface area contributed by atoms with E-state index in [9.17, 15) is 10.2 Å². The SMILES string of the molecule is CCCCCCCCCCN(C(O)CC)C(O)CC. The molecule has 2 unspecified atom stereocenters. The molecule has 0 aliphatic rings. The summed E-state index contributed by atoms with van der Waals surface area (Å²) in [4.78, 5) is 1.83. The maximum absolute atomic E-state index is 9.88. The first-order chi connectivity index (χ1) is 9.17. The van der Waals surface area contributed by atoms with Gasteiger partial charge in [-0.3, -0.25) is 4.90 Å². The van der Waals surface area contributed by atoms with Crippen LogP contribution < -0.4 is 0 Å². The average Bonchev–Trinajstić information content (AvgIpc) is 2.44. The maximum Gasteiger partial charge on any atom is 0.109 e.